The van der Waals surface area contributed by atoms with Gasteiger partial charge >= 0.3 is 5.97 Å². The third-order valence-electron chi connectivity index (χ3n) is 6.63. The maximum Gasteiger partial charge on any atom is 0.375 e. The van der Waals surface area contributed by atoms with E-state index < -0.39 is 12.1 Å². The summed E-state index contributed by atoms with van der Waals surface area (Å²) in [4.78, 5) is 25.3. The van der Waals surface area contributed by atoms with E-state index in [4.69, 9.17) is 13.9 Å². The van der Waals surface area contributed by atoms with E-state index in [0.717, 1.165) is 17.2 Å². The fourth-order valence-corrected chi connectivity index (χ4v) is 5.17. The highest BCUT2D eigenvalue weighted by atomic mass is 16.6. The summed E-state index contributed by atoms with van der Waals surface area (Å²) in [5.41, 5.74) is 1.23. The largest absolute Gasteiger partial charge is 0.449 e. The van der Waals surface area contributed by atoms with Crippen LogP contribution in [0.2, 0.25) is 0 Å². The second-order valence-electron chi connectivity index (χ2n) is 8.52. The highest BCUT2D eigenvalue weighted by molar-refractivity contribution is 5.97. The first-order valence-electron chi connectivity index (χ1n) is 10.5. The molecule has 0 unspecified atom stereocenters. The summed E-state index contributed by atoms with van der Waals surface area (Å²) in [7, 11) is 1.56. The second kappa shape index (κ2) is 8.19. The summed E-state index contributed by atoms with van der Waals surface area (Å²) >= 11 is 0. The lowest BCUT2D eigenvalue weighted by Crippen LogP contribution is -2.45. The van der Waals surface area contributed by atoms with E-state index in [1.807, 2.05) is 18.2 Å². The van der Waals surface area contributed by atoms with Gasteiger partial charge in [-0.3, -0.25) is 4.79 Å². The van der Waals surface area contributed by atoms with Gasteiger partial charge in [0.2, 0.25) is 5.76 Å². The Bertz CT molecular complexity index is 904. The van der Waals surface area contributed by atoms with Crippen LogP contribution in [0.1, 0.15) is 55.6 Å². The average molecular weight is 399 g/mol. The number of ether oxygens (including phenoxy) is 2. The number of carbonyl (C=O) groups is 2. The molecule has 2 bridgehead atoms. The van der Waals surface area contributed by atoms with Crippen LogP contribution >= 0.6 is 0 Å². The van der Waals surface area contributed by atoms with Crippen molar-refractivity contribution in [1.29, 1.82) is 0 Å². The van der Waals surface area contributed by atoms with Crippen molar-refractivity contribution in [3.8, 4) is 0 Å². The third-order valence-corrected chi connectivity index (χ3v) is 6.63. The first-order valence-corrected chi connectivity index (χ1v) is 10.5. The van der Waals surface area contributed by atoms with Gasteiger partial charge in [0.05, 0.1) is 6.61 Å². The van der Waals surface area contributed by atoms with Crippen LogP contribution < -0.4 is 5.32 Å². The molecule has 2 aliphatic rings. The van der Waals surface area contributed by atoms with Crippen LogP contribution in [-0.2, 0) is 20.9 Å². The number of rotatable bonds is 7. The van der Waals surface area contributed by atoms with Crippen molar-refractivity contribution >= 4 is 22.8 Å². The van der Waals surface area contributed by atoms with Gasteiger partial charge in [0.15, 0.2) is 6.10 Å². The summed E-state index contributed by atoms with van der Waals surface area (Å²) in [6, 6.07) is 7.47. The Balaban J connectivity index is 1.40. The number of para-hydroxylation sites is 1. The molecule has 0 spiro atoms. The van der Waals surface area contributed by atoms with E-state index in [1.165, 1.54) is 25.7 Å². The van der Waals surface area contributed by atoms with Gasteiger partial charge in [0.25, 0.3) is 5.91 Å². The Labute approximate surface area is 170 Å². The van der Waals surface area contributed by atoms with Gasteiger partial charge in [0.1, 0.15) is 5.58 Å². The van der Waals surface area contributed by atoms with Crippen molar-refractivity contribution in [1.82, 2.24) is 5.32 Å². The van der Waals surface area contributed by atoms with E-state index in [2.05, 4.69) is 12.2 Å². The lowest BCUT2D eigenvalue weighted by molar-refractivity contribution is -0.130. The van der Waals surface area contributed by atoms with Crippen LogP contribution in [0.15, 0.2) is 28.7 Å². The monoisotopic (exact) mass is 399 g/mol. The quantitative estimate of drug-likeness (QED) is 0.710. The highest BCUT2D eigenvalue weighted by Crippen LogP contribution is 2.49. The number of furan rings is 1. The third kappa shape index (κ3) is 3.90. The Morgan fingerprint density at radius 2 is 2.00 bits per heavy atom. The Kier molecular flexibility index (Phi) is 5.63. The molecule has 4 rings (SSSR count). The number of methoxy groups -OCH3 is 1. The Morgan fingerprint density at radius 3 is 2.69 bits per heavy atom. The van der Waals surface area contributed by atoms with Crippen LogP contribution in [0.4, 0.5) is 0 Å². The molecule has 1 aromatic heterocycles. The first kappa shape index (κ1) is 20.0. The number of hydrogen-bond donors (Lipinski definition) is 1. The summed E-state index contributed by atoms with van der Waals surface area (Å²) in [6.45, 7) is 3.89. The van der Waals surface area contributed by atoms with Crippen molar-refractivity contribution in [2.45, 2.75) is 58.3 Å². The van der Waals surface area contributed by atoms with E-state index in [1.54, 1.807) is 20.1 Å². The molecule has 1 amide bonds. The van der Waals surface area contributed by atoms with Gasteiger partial charge in [0, 0.05) is 24.1 Å². The van der Waals surface area contributed by atoms with Crippen molar-refractivity contribution in [2.24, 2.45) is 17.8 Å². The number of nitrogens with one attached hydrogen (secondary N) is 1. The van der Waals surface area contributed by atoms with Gasteiger partial charge in [-0.25, -0.2) is 4.79 Å². The smallest absolute Gasteiger partial charge is 0.375 e. The maximum absolute atomic E-state index is 12.7. The molecule has 0 aliphatic heterocycles. The van der Waals surface area contributed by atoms with Crippen molar-refractivity contribution in [2.75, 3.05) is 7.11 Å². The summed E-state index contributed by atoms with van der Waals surface area (Å²) in [5.74, 6) is 1.26. The fraction of sp³-hybridized carbons (Fsp3) is 0.565. The van der Waals surface area contributed by atoms with Crippen LogP contribution in [0.25, 0.3) is 11.0 Å². The number of carbonyl (C=O) groups excluding carboxylic acids is 2. The molecular formula is C23H29NO5. The number of benzene rings is 1. The predicted molar refractivity (Wildman–Crippen MR) is 108 cm³/mol. The number of fused-ring (bicyclic) bond motifs is 3. The second-order valence-corrected chi connectivity index (χ2v) is 8.52. The average Bonchev–Trinajstić information content (AvgIpc) is 3.42. The van der Waals surface area contributed by atoms with Crippen LogP contribution in [0.3, 0.4) is 0 Å². The van der Waals surface area contributed by atoms with Gasteiger partial charge in [-0.1, -0.05) is 24.6 Å². The predicted octanol–water partition coefficient (Wildman–Crippen LogP) is 4.07. The lowest BCUT2D eigenvalue weighted by atomic mass is 9.84. The van der Waals surface area contributed by atoms with Crippen LogP contribution in [0, 0.1) is 17.8 Å². The summed E-state index contributed by atoms with van der Waals surface area (Å²) in [5, 5.41) is 3.87. The molecule has 1 aromatic carbocycles. The van der Waals surface area contributed by atoms with Gasteiger partial charge in [-0.15, -0.1) is 0 Å². The number of esters is 1. The molecule has 2 saturated carbocycles. The zero-order chi connectivity index (χ0) is 20.5. The molecule has 2 aromatic rings. The lowest BCUT2D eigenvalue weighted by Gasteiger charge is -2.29. The van der Waals surface area contributed by atoms with E-state index in [0.29, 0.717) is 17.1 Å². The first-order chi connectivity index (χ1) is 14.0. The Morgan fingerprint density at radius 1 is 1.21 bits per heavy atom. The molecule has 2 aliphatic carbocycles. The molecule has 0 radical (unpaired) electrons. The standard InChI is InChI=1S/C23H29NO5/c1-13(18-11-15-8-9-16(18)10-15)24-22(25)14(2)28-23(26)21-19(12-27-3)17-6-4-5-7-20(17)29-21/h4-7,13-16,18H,8-12H2,1-3H3,(H,24,25)/t13-,14+,15-,16-,18-/m0/s1. The molecular weight excluding hydrogens is 370 g/mol. The minimum Gasteiger partial charge on any atom is -0.449 e. The zero-order valence-corrected chi connectivity index (χ0v) is 17.3. The minimum absolute atomic E-state index is 0.0915. The Hall–Kier alpha value is -2.34. The van der Waals surface area contributed by atoms with E-state index in [-0.39, 0.29) is 24.3 Å². The molecule has 6 heteroatoms. The van der Waals surface area contributed by atoms with Gasteiger partial charge in [-0.2, -0.15) is 0 Å². The fourth-order valence-electron chi connectivity index (χ4n) is 5.17. The van der Waals surface area contributed by atoms with Crippen LogP contribution in [-0.4, -0.2) is 31.1 Å². The topological polar surface area (TPSA) is 77.8 Å². The van der Waals surface area contributed by atoms with E-state index >= 15 is 0 Å². The highest BCUT2D eigenvalue weighted by Gasteiger charge is 2.42. The normalized spacial score (nSPS) is 25.1. The molecule has 1 N–H and O–H groups in total. The summed E-state index contributed by atoms with van der Waals surface area (Å²) in [6.07, 6.45) is 4.20. The zero-order valence-electron chi connectivity index (χ0n) is 17.3. The van der Waals surface area contributed by atoms with Crippen molar-refractivity contribution in [3.63, 3.8) is 0 Å². The SMILES string of the molecule is COCc1c(C(=O)O[C@H](C)C(=O)N[C@@H](C)[C@@H]2C[C@H]3CC[C@H]2C3)oc2ccccc12. The van der Waals surface area contributed by atoms with Gasteiger partial charge < -0.3 is 19.2 Å². The molecule has 6 nitrogen and oxygen atoms in total. The molecule has 0 saturated heterocycles. The molecule has 156 valence electrons. The molecule has 1 heterocycles. The minimum atomic E-state index is -0.896. The molecule has 5 atom stereocenters. The van der Waals surface area contributed by atoms with Gasteiger partial charge in [-0.05, 0) is 56.9 Å². The molecule has 2 fully saturated rings. The summed E-state index contributed by atoms with van der Waals surface area (Å²) < 4.78 is 16.4. The van der Waals surface area contributed by atoms with Crippen molar-refractivity contribution < 1.29 is 23.5 Å². The maximum atomic E-state index is 12.7. The van der Waals surface area contributed by atoms with Crippen LogP contribution in [0.5, 0.6) is 0 Å². The number of amides is 1. The van der Waals surface area contributed by atoms with E-state index in [9.17, 15) is 9.59 Å². The van der Waals surface area contributed by atoms with Crippen molar-refractivity contribution in [3.05, 3.63) is 35.6 Å². The molecule has 29 heavy (non-hydrogen) atoms. The number of hydrogen-bond acceptors (Lipinski definition) is 5.